The lowest BCUT2D eigenvalue weighted by atomic mass is 10.5. The van der Waals surface area contributed by atoms with Crippen LogP contribution in [0.2, 0.25) is 0 Å². The van der Waals surface area contributed by atoms with E-state index in [9.17, 15) is 4.79 Å². The van der Waals surface area contributed by atoms with Gasteiger partial charge in [0, 0.05) is 13.2 Å². The molecule has 0 aliphatic rings. The molecule has 0 aliphatic heterocycles. The van der Waals surface area contributed by atoms with Gasteiger partial charge in [-0.25, -0.2) is 4.79 Å². The number of aromatic nitrogens is 2. The molecule has 0 aliphatic carbocycles. The minimum absolute atomic E-state index is 0.118. The molecule has 0 fully saturated rings. The number of nitrogens with zero attached hydrogens (tertiary/aromatic N) is 2. The van der Waals surface area contributed by atoms with Crippen molar-refractivity contribution in [2.45, 2.75) is 6.54 Å². The van der Waals surface area contributed by atoms with Crippen molar-refractivity contribution in [3.8, 4) is 0 Å². The maximum absolute atomic E-state index is 11.3. The van der Waals surface area contributed by atoms with Crippen LogP contribution in [0.25, 0.3) is 0 Å². The normalized spacial score (nSPS) is 10.2. The van der Waals surface area contributed by atoms with Crippen LogP contribution in [-0.2, 0) is 13.6 Å². The fraction of sp³-hybridized carbons (Fsp3) is 0.429. The number of rotatable bonds is 2. The third kappa shape index (κ3) is 1.45. The van der Waals surface area contributed by atoms with Crippen molar-refractivity contribution in [3.63, 3.8) is 0 Å². The van der Waals surface area contributed by atoms with Gasteiger partial charge >= 0.3 is 5.69 Å². The quantitative estimate of drug-likeness (QED) is 0.575. The highest BCUT2D eigenvalue weighted by Gasteiger charge is 1.97. The highest BCUT2D eigenvalue weighted by Crippen LogP contribution is 1.72. The first-order valence-electron chi connectivity index (χ1n) is 3.58. The summed E-state index contributed by atoms with van der Waals surface area (Å²) in [6.07, 6.45) is 1.53. The maximum atomic E-state index is 11.3. The first-order chi connectivity index (χ1) is 5.66. The van der Waals surface area contributed by atoms with Gasteiger partial charge in [0.05, 0.1) is 13.2 Å². The summed E-state index contributed by atoms with van der Waals surface area (Å²) in [5.41, 5.74) is -0.163. The first-order valence-corrected chi connectivity index (χ1v) is 3.58. The van der Waals surface area contributed by atoms with Crippen molar-refractivity contribution in [3.05, 3.63) is 28.2 Å². The molecule has 0 spiro atoms. The lowest BCUT2D eigenvalue weighted by Crippen LogP contribution is -2.38. The molecule has 0 saturated carbocycles. The van der Waals surface area contributed by atoms with Crippen LogP contribution in [-0.4, -0.2) is 20.8 Å². The molecule has 66 valence electrons. The molecule has 0 atom stereocenters. The number of nitrogens with one attached hydrogen (secondary N) is 1. The van der Waals surface area contributed by atoms with Gasteiger partial charge < -0.3 is 9.67 Å². The predicted octanol–water partition coefficient (Wildman–Crippen LogP) is -1.34. The van der Waals surface area contributed by atoms with Crippen molar-refractivity contribution < 1.29 is 5.11 Å². The Kier molecular flexibility index (Phi) is 2.44. The van der Waals surface area contributed by atoms with Gasteiger partial charge in [-0.05, 0) is 6.07 Å². The topological polar surface area (TPSA) is 71.0 Å². The molecule has 0 amide bonds. The second-order valence-electron chi connectivity index (χ2n) is 2.47. The zero-order chi connectivity index (χ0) is 9.14. The summed E-state index contributed by atoms with van der Waals surface area (Å²) < 4.78 is 2.58. The lowest BCUT2D eigenvalue weighted by Gasteiger charge is -2.04. The van der Waals surface area contributed by atoms with Gasteiger partial charge in [-0.15, -0.1) is 0 Å². The number of aliphatic hydroxyl groups is 1. The highest BCUT2D eigenvalue weighted by molar-refractivity contribution is 4.82. The maximum Gasteiger partial charge on any atom is 0.329 e. The summed E-state index contributed by atoms with van der Waals surface area (Å²) in [5, 5.41) is 16.0. The van der Waals surface area contributed by atoms with E-state index >= 15 is 0 Å². The van der Waals surface area contributed by atoms with Gasteiger partial charge in [-0.1, -0.05) is 0 Å². The van der Waals surface area contributed by atoms with Gasteiger partial charge in [0.15, 0.2) is 0 Å². The molecular formula is C7H11N3O2. The van der Waals surface area contributed by atoms with E-state index in [2.05, 4.69) is 0 Å². The molecular weight excluding hydrogens is 158 g/mol. The van der Waals surface area contributed by atoms with E-state index < -0.39 is 0 Å². The molecule has 1 aromatic heterocycles. The smallest absolute Gasteiger partial charge is 0.329 e. The van der Waals surface area contributed by atoms with E-state index in [-0.39, 0.29) is 24.3 Å². The van der Waals surface area contributed by atoms with E-state index in [4.69, 9.17) is 10.5 Å². The minimum Gasteiger partial charge on any atom is -0.395 e. The van der Waals surface area contributed by atoms with Crippen molar-refractivity contribution in [1.29, 1.82) is 5.41 Å². The van der Waals surface area contributed by atoms with Crippen LogP contribution in [0.15, 0.2) is 17.1 Å². The molecule has 0 saturated heterocycles. The van der Waals surface area contributed by atoms with Crippen LogP contribution in [0.5, 0.6) is 0 Å². The van der Waals surface area contributed by atoms with E-state index in [0.29, 0.717) is 0 Å². The highest BCUT2D eigenvalue weighted by atomic mass is 16.3. The molecule has 2 N–H and O–H groups in total. The monoisotopic (exact) mass is 169 g/mol. The summed E-state index contributed by atoms with van der Waals surface area (Å²) in [6, 6.07) is 1.51. The largest absolute Gasteiger partial charge is 0.395 e. The van der Waals surface area contributed by atoms with Crippen molar-refractivity contribution in [2.75, 3.05) is 6.61 Å². The summed E-state index contributed by atoms with van der Waals surface area (Å²) in [4.78, 5) is 11.3. The average Bonchev–Trinajstić information content (AvgIpc) is 2.06. The molecule has 1 rings (SSSR count). The van der Waals surface area contributed by atoms with E-state index in [0.717, 1.165) is 0 Å². The Morgan fingerprint density at radius 2 is 2.33 bits per heavy atom. The van der Waals surface area contributed by atoms with Gasteiger partial charge in [0.1, 0.15) is 5.49 Å². The Labute approximate surface area is 69.0 Å². The molecule has 0 bridgehead atoms. The minimum atomic E-state index is -0.281. The standard InChI is InChI=1S/C7H11N3O2/c1-9-3-2-6(8)10(4-5-11)7(9)12/h2-3,8,11H,4-5H2,1H3. The fourth-order valence-corrected chi connectivity index (χ4v) is 0.946. The Hall–Kier alpha value is -1.36. The average molecular weight is 169 g/mol. The third-order valence-corrected chi connectivity index (χ3v) is 1.60. The Morgan fingerprint density at radius 1 is 1.67 bits per heavy atom. The van der Waals surface area contributed by atoms with Crippen molar-refractivity contribution >= 4 is 0 Å². The van der Waals surface area contributed by atoms with E-state index in [1.165, 1.54) is 21.4 Å². The van der Waals surface area contributed by atoms with Gasteiger partial charge in [-0.3, -0.25) is 9.98 Å². The van der Waals surface area contributed by atoms with Crippen molar-refractivity contribution in [1.82, 2.24) is 9.13 Å². The molecule has 0 radical (unpaired) electrons. The van der Waals surface area contributed by atoms with E-state index in [1.807, 2.05) is 0 Å². The summed E-state index contributed by atoms with van der Waals surface area (Å²) in [6.45, 7) is 0.0438. The summed E-state index contributed by atoms with van der Waals surface area (Å²) in [5.74, 6) is 0. The molecule has 1 heterocycles. The van der Waals surface area contributed by atoms with Gasteiger partial charge in [-0.2, -0.15) is 0 Å². The van der Waals surface area contributed by atoms with Gasteiger partial charge in [0.2, 0.25) is 0 Å². The number of aryl methyl sites for hydroxylation is 1. The SMILES string of the molecule is Cn1ccc(=N)n(CCO)c1=O. The number of hydrogen-bond donors (Lipinski definition) is 2. The number of hydrogen-bond acceptors (Lipinski definition) is 3. The zero-order valence-corrected chi connectivity index (χ0v) is 6.82. The first kappa shape index (κ1) is 8.73. The fourth-order valence-electron chi connectivity index (χ4n) is 0.946. The Morgan fingerprint density at radius 3 is 2.92 bits per heavy atom. The second kappa shape index (κ2) is 3.36. The molecule has 0 aromatic carbocycles. The molecule has 0 unspecified atom stereocenters. The van der Waals surface area contributed by atoms with Crippen molar-refractivity contribution in [2.24, 2.45) is 7.05 Å². The molecule has 5 nitrogen and oxygen atoms in total. The van der Waals surface area contributed by atoms with Gasteiger partial charge in [0.25, 0.3) is 0 Å². The van der Waals surface area contributed by atoms with Crippen LogP contribution in [0.1, 0.15) is 0 Å². The molecule has 5 heteroatoms. The van der Waals surface area contributed by atoms with Crippen LogP contribution in [0, 0.1) is 5.41 Å². The Balaban J connectivity index is 3.34. The molecule has 12 heavy (non-hydrogen) atoms. The number of aliphatic hydroxyl groups excluding tert-OH is 1. The van der Waals surface area contributed by atoms with Crippen LogP contribution in [0.3, 0.4) is 0 Å². The summed E-state index contributed by atoms with van der Waals surface area (Å²) >= 11 is 0. The third-order valence-electron chi connectivity index (χ3n) is 1.60. The Bertz CT molecular complexity index is 377. The second-order valence-corrected chi connectivity index (χ2v) is 2.47. The zero-order valence-electron chi connectivity index (χ0n) is 6.82. The summed E-state index contributed by atoms with van der Waals surface area (Å²) in [7, 11) is 1.61. The van der Waals surface area contributed by atoms with E-state index in [1.54, 1.807) is 7.05 Å². The molecule has 1 aromatic rings. The van der Waals surface area contributed by atoms with Crippen LogP contribution >= 0.6 is 0 Å². The predicted molar refractivity (Wildman–Crippen MR) is 42.6 cm³/mol. The van der Waals surface area contributed by atoms with Crippen LogP contribution < -0.4 is 11.2 Å². The lowest BCUT2D eigenvalue weighted by molar-refractivity contribution is 0.269. The van der Waals surface area contributed by atoms with Crippen LogP contribution in [0.4, 0.5) is 0 Å².